The van der Waals surface area contributed by atoms with Crippen molar-refractivity contribution in [2.75, 3.05) is 26.2 Å². The molecule has 3 rings (SSSR count). The molecule has 1 aliphatic rings. The Kier molecular flexibility index (Phi) is 17.8. The number of carbonyl (C=O) groups excluding carboxylic acids is 6. The van der Waals surface area contributed by atoms with Crippen molar-refractivity contribution in [3.63, 3.8) is 0 Å². The van der Waals surface area contributed by atoms with Gasteiger partial charge in [-0.1, -0.05) is 42.5 Å². The van der Waals surface area contributed by atoms with Gasteiger partial charge >= 0.3 is 0 Å². The van der Waals surface area contributed by atoms with Gasteiger partial charge in [-0.25, -0.2) is 0 Å². The Labute approximate surface area is 320 Å². The van der Waals surface area contributed by atoms with Crippen molar-refractivity contribution >= 4 is 41.4 Å². The second-order valence-corrected chi connectivity index (χ2v) is 13.5. The number of hydrogen-bond donors (Lipinski definition) is 10. The molecular weight excluding hydrogens is 710 g/mol. The first-order chi connectivity index (χ1) is 26.3. The van der Waals surface area contributed by atoms with E-state index in [1.807, 2.05) is 6.07 Å². The molecule has 1 heterocycles. The third kappa shape index (κ3) is 14.9. The lowest BCUT2D eigenvalue weighted by Crippen LogP contribution is -2.57. The minimum absolute atomic E-state index is 0.0270. The van der Waals surface area contributed by atoms with Gasteiger partial charge in [0.2, 0.25) is 35.4 Å². The molecule has 15 N–H and O–H groups in total. The first-order valence-electron chi connectivity index (χ1n) is 18.4. The molecule has 1 fully saturated rings. The van der Waals surface area contributed by atoms with Crippen molar-refractivity contribution < 1.29 is 33.9 Å². The average molecular weight is 766 g/mol. The van der Waals surface area contributed by atoms with E-state index >= 15 is 0 Å². The van der Waals surface area contributed by atoms with E-state index in [2.05, 4.69) is 26.3 Å². The van der Waals surface area contributed by atoms with Gasteiger partial charge in [0.1, 0.15) is 29.9 Å². The summed E-state index contributed by atoms with van der Waals surface area (Å²) in [6, 6.07) is 10.1. The Balaban J connectivity index is 1.65. The van der Waals surface area contributed by atoms with Gasteiger partial charge in [0.15, 0.2) is 5.96 Å². The second-order valence-electron chi connectivity index (χ2n) is 13.5. The van der Waals surface area contributed by atoms with E-state index in [1.54, 1.807) is 36.4 Å². The average Bonchev–Trinajstić information content (AvgIpc) is 3.66. The number of nitrogens with zero attached hydrogens (tertiary/aromatic N) is 2. The van der Waals surface area contributed by atoms with Gasteiger partial charge in [0, 0.05) is 25.9 Å². The molecule has 0 spiro atoms. The summed E-state index contributed by atoms with van der Waals surface area (Å²) in [6.07, 6.45) is 2.99. The number of unbranched alkanes of at least 4 members (excludes halogenated alkanes) is 1. The highest BCUT2D eigenvalue weighted by molar-refractivity contribution is 5.96. The molecule has 0 saturated carbocycles. The Morgan fingerprint density at radius 2 is 1.45 bits per heavy atom. The van der Waals surface area contributed by atoms with E-state index in [1.165, 1.54) is 17.0 Å². The number of nitrogens with two attached hydrogens (primary N) is 5. The third-order valence-corrected chi connectivity index (χ3v) is 9.10. The second kappa shape index (κ2) is 22.5. The summed E-state index contributed by atoms with van der Waals surface area (Å²) in [7, 11) is 0. The maximum absolute atomic E-state index is 14.0. The predicted molar refractivity (Wildman–Crippen MR) is 205 cm³/mol. The lowest BCUT2D eigenvalue weighted by atomic mass is 10.0. The van der Waals surface area contributed by atoms with Crippen LogP contribution in [0.15, 0.2) is 59.6 Å². The summed E-state index contributed by atoms with van der Waals surface area (Å²) in [5, 5.41) is 20.3. The molecule has 5 atom stereocenters. The topological polar surface area (TPSA) is 316 Å². The first kappa shape index (κ1) is 43.7. The number of primary amides is 1. The molecule has 0 bridgehead atoms. The molecule has 1 saturated heterocycles. The maximum Gasteiger partial charge on any atom is 0.246 e. The summed E-state index contributed by atoms with van der Waals surface area (Å²) >= 11 is 0. The summed E-state index contributed by atoms with van der Waals surface area (Å²) < 4.78 is 0. The van der Waals surface area contributed by atoms with Gasteiger partial charge < -0.3 is 59.9 Å². The lowest BCUT2D eigenvalue weighted by Gasteiger charge is -2.29. The number of carbonyl (C=O) groups is 6. The van der Waals surface area contributed by atoms with E-state index in [0.29, 0.717) is 44.2 Å². The summed E-state index contributed by atoms with van der Waals surface area (Å²) in [5.41, 5.74) is 29.4. The number of likely N-dealkylation sites (tertiary alicyclic amines) is 1. The molecule has 0 unspecified atom stereocenters. The van der Waals surface area contributed by atoms with Crippen molar-refractivity contribution in [2.24, 2.45) is 33.7 Å². The van der Waals surface area contributed by atoms with Crippen LogP contribution >= 0.6 is 0 Å². The Morgan fingerprint density at radius 3 is 2.11 bits per heavy atom. The van der Waals surface area contributed by atoms with Crippen LogP contribution in [-0.4, -0.2) is 108 Å². The number of aliphatic imine (C=N–C) groups is 1. The van der Waals surface area contributed by atoms with Crippen molar-refractivity contribution in [1.29, 1.82) is 0 Å². The molecule has 300 valence electrons. The summed E-state index contributed by atoms with van der Waals surface area (Å²) in [5.74, 6) is -3.76. The van der Waals surface area contributed by atoms with Gasteiger partial charge in [0.05, 0.1) is 12.6 Å². The van der Waals surface area contributed by atoms with Crippen molar-refractivity contribution in [3.05, 3.63) is 65.7 Å². The van der Waals surface area contributed by atoms with Gasteiger partial charge in [-0.2, -0.15) is 0 Å². The number of aromatic hydroxyl groups is 1. The zero-order chi connectivity index (χ0) is 40.3. The zero-order valence-corrected chi connectivity index (χ0v) is 31.0. The fourth-order valence-corrected chi connectivity index (χ4v) is 6.14. The van der Waals surface area contributed by atoms with E-state index < -0.39 is 72.2 Å². The molecule has 18 heteroatoms. The molecule has 6 amide bonds. The SMILES string of the molecule is NCCCC[C@H](NC(=O)CNC(=O)[C@@H]1CCCN1C(=O)[C@H](Cc1ccc(O)cc1)NC(=O)[C@@H](N)CCCN=C(N)N)C(=O)N[C@@H](Cc1ccccc1)C(N)=O. The van der Waals surface area contributed by atoms with Gasteiger partial charge in [-0.05, 0) is 74.8 Å². The van der Waals surface area contributed by atoms with Crippen LogP contribution in [-0.2, 0) is 41.6 Å². The van der Waals surface area contributed by atoms with Crippen molar-refractivity contribution in [1.82, 2.24) is 26.2 Å². The number of nitrogens with one attached hydrogen (secondary N) is 4. The normalized spacial score (nSPS) is 15.8. The molecule has 18 nitrogen and oxygen atoms in total. The lowest BCUT2D eigenvalue weighted by molar-refractivity contribution is -0.141. The Bertz CT molecular complexity index is 1620. The predicted octanol–water partition coefficient (Wildman–Crippen LogP) is -2.27. The standard InChI is InChI=1S/C37H55N11O7/c38-17-5-4-11-27(34(53)46-28(32(40)51)20-23-8-2-1-3-9-23)45-31(50)22-44-35(54)30-12-7-19-48(30)36(55)29(21-24-13-15-25(49)16-14-24)47-33(52)26(39)10-6-18-43-37(41)42/h1-3,8-9,13-16,26-30,49H,4-7,10-12,17-22,38-39H2,(H2,40,51)(H,44,54)(H,45,50)(H,46,53)(H,47,52)(H4,41,42,43)/t26-,27-,28-,29-,30-/m0/s1. The molecular formula is C37H55N11O7. The number of hydrogen-bond acceptors (Lipinski definition) is 10. The number of amides is 6. The highest BCUT2D eigenvalue weighted by atomic mass is 16.3. The number of rotatable bonds is 22. The van der Waals surface area contributed by atoms with E-state index in [9.17, 15) is 33.9 Å². The molecule has 1 aliphatic heterocycles. The minimum atomic E-state index is -1.10. The molecule has 0 aromatic heterocycles. The molecule has 2 aromatic rings. The molecule has 0 aliphatic carbocycles. The maximum atomic E-state index is 14.0. The number of benzene rings is 2. The van der Waals surface area contributed by atoms with E-state index in [-0.39, 0.29) is 50.5 Å². The van der Waals surface area contributed by atoms with Crippen molar-refractivity contribution in [3.8, 4) is 5.75 Å². The fourth-order valence-electron chi connectivity index (χ4n) is 6.14. The third-order valence-electron chi connectivity index (χ3n) is 9.10. The number of guanidine groups is 1. The molecule has 0 radical (unpaired) electrons. The Hall–Kier alpha value is -5.75. The fraction of sp³-hybridized carbons (Fsp3) is 0.486. The summed E-state index contributed by atoms with van der Waals surface area (Å²) in [6.45, 7) is 0.376. The smallest absolute Gasteiger partial charge is 0.246 e. The van der Waals surface area contributed by atoms with Crippen LogP contribution in [0.2, 0.25) is 0 Å². The van der Waals surface area contributed by atoms with Crippen LogP contribution in [0, 0.1) is 0 Å². The first-order valence-corrected chi connectivity index (χ1v) is 18.4. The monoisotopic (exact) mass is 765 g/mol. The van der Waals surface area contributed by atoms with Gasteiger partial charge in [-0.15, -0.1) is 0 Å². The van der Waals surface area contributed by atoms with Crippen LogP contribution in [0.4, 0.5) is 0 Å². The van der Waals surface area contributed by atoms with E-state index in [0.717, 1.165) is 5.56 Å². The highest BCUT2D eigenvalue weighted by Crippen LogP contribution is 2.21. The molecule has 2 aromatic carbocycles. The molecule has 55 heavy (non-hydrogen) atoms. The van der Waals surface area contributed by atoms with Crippen LogP contribution in [0.25, 0.3) is 0 Å². The van der Waals surface area contributed by atoms with Crippen LogP contribution in [0.1, 0.15) is 56.1 Å². The van der Waals surface area contributed by atoms with E-state index in [4.69, 9.17) is 28.7 Å². The quantitative estimate of drug-likeness (QED) is 0.0346. The Morgan fingerprint density at radius 1 is 0.800 bits per heavy atom. The number of phenols is 1. The highest BCUT2D eigenvalue weighted by Gasteiger charge is 2.38. The number of phenolic OH excluding ortho intramolecular Hbond substituents is 1. The van der Waals surface area contributed by atoms with Crippen molar-refractivity contribution in [2.45, 2.75) is 88.0 Å². The minimum Gasteiger partial charge on any atom is -0.508 e. The zero-order valence-electron chi connectivity index (χ0n) is 31.0. The summed E-state index contributed by atoms with van der Waals surface area (Å²) in [4.78, 5) is 84.4. The largest absolute Gasteiger partial charge is 0.508 e. The van der Waals surface area contributed by atoms with Gasteiger partial charge in [0.25, 0.3) is 0 Å². The van der Waals surface area contributed by atoms with Crippen LogP contribution in [0.3, 0.4) is 0 Å². The van der Waals surface area contributed by atoms with Crippen LogP contribution in [0.5, 0.6) is 5.75 Å². The van der Waals surface area contributed by atoms with Gasteiger partial charge in [-0.3, -0.25) is 33.8 Å². The van der Waals surface area contributed by atoms with Crippen LogP contribution < -0.4 is 49.9 Å².